The average molecular weight is 309 g/mol. The lowest BCUT2D eigenvalue weighted by Crippen LogP contribution is -2.07. The van der Waals surface area contributed by atoms with Crippen LogP contribution in [0.1, 0.15) is 19.0 Å². The van der Waals surface area contributed by atoms with E-state index in [1.165, 1.54) is 6.33 Å². The van der Waals surface area contributed by atoms with E-state index in [4.69, 9.17) is 10.5 Å². The average Bonchev–Trinajstić information content (AvgIpc) is 2.56. The molecule has 0 aliphatic carbocycles. The lowest BCUT2D eigenvalue weighted by molar-refractivity contribution is 0.468. The molecule has 3 rings (SSSR count). The minimum atomic E-state index is 0.328. The lowest BCUT2D eigenvalue weighted by Gasteiger charge is -2.12. The van der Waals surface area contributed by atoms with E-state index in [0.717, 1.165) is 29.6 Å². The molecule has 0 bridgehead atoms. The summed E-state index contributed by atoms with van der Waals surface area (Å²) in [5.74, 6) is 1.54. The third-order valence-electron chi connectivity index (χ3n) is 3.42. The van der Waals surface area contributed by atoms with Gasteiger partial charge in [0, 0.05) is 17.6 Å². The van der Waals surface area contributed by atoms with Gasteiger partial charge in [-0.1, -0.05) is 25.1 Å². The minimum absolute atomic E-state index is 0.328. The third-order valence-corrected chi connectivity index (χ3v) is 3.42. The van der Waals surface area contributed by atoms with Crippen molar-refractivity contribution in [1.29, 1.82) is 0 Å². The fourth-order valence-electron chi connectivity index (χ4n) is 2.25. The van der Waals surface area contributed by atoms with Crippen LogP contribution in [0.5, 0.6) is 11.6 Å². The van der Waals surface area contributed by atoms with Gasteiger partial charge in [0.05, 0.1) is 0 Å². The van der Waals surface area contributed by atoms with Crippen molar-refractivity contribution in [3.8, 4) is 11.6 Å². The monoisotopic (exact) mass is 309 g/mol. The van der Waals surface area contributed by atoms with Crippen LogP contribution in [-0.2, 0) is 0 Å². The Morgan fingerprint density at radius 2 is 2.04 bits per heavy atom. The number of aryl methyl sites for hydroxylation is 1. The quantitative estimate of drug-likeness (QED) is 0.750. The molecule has 0 radical (unpaired) electrons. The van der Waals surface area contributed by atoms with Gasteiger partial charge >= 0.3 is 0 Å². The zero-order valence-corrected chi connectivity index (χ0v) is 13.2. The van der Waals surface area contributed by atoms with Crippen LogP contribution in [0.4, 0.5) is 11.5 Å². The number of benzene rings is 1. The fraction of sp³-hybridized carbons (Fsp3) is 0.235. The summed E-state index contributed by atoms with van der Waals surface area (Å²) in [5.41, 5.74) is 8.22. The van der Waals surface area contributed by atoms with Gasteiger partial charge < -0.3 is 15.8 Å². The standard InChI is InChI=1S/C17H19N5O/c1-3-9-19-16-14(18)17(21-10-20-16)23-13-6-4-5-12-8-7-11(2)22-15(12)13/h4-8,10H,3,9,18H2,1-2H3,(H,19,20,21). The molecule has 0 saturated heterocycles. The van der Waals surface area contributed by atoms with Gasteiger partial charge in [-0.15, -0.1) is 0 Å². The second-order valence-corrected chi connectivity index (χ2v) is 5.25. The third kappa shape index (κ3) is 3.15. The van der Waals surface area contributed by atoms with Gasteiger partial charge in [-0.25, -0.2) is 9.97 Å². The summed E-state index contributed by atoms with van der Waals surface area (Å²) in [5, 5.41) is 4.17. The van der Waals surface area contributed by atoms with Crippen LogP contribution in [0, 0.1) is 6.92 Å². The number of pyridine rings is 1. The van der Waals surface area contributed by atoms with Gasteiger partial charge in [0.25, 0.3) is 0 Å². The molecule has 0 unspecified atom stereocenters. The second kappa shape index (κ2) is 6.48. The number of rotatable bonds is 5. The fourth-order valence-corrected chi connectivity index (χ4v) is 2.25. The Labute approximate surface area is 134 Å². The van der Waals surface area contributed by atoms with Gasteiger partial charge in [0.15, 0.2) is 11.6 Å². The molecular formula is C17H19N5O. The molecule has 1 aromatic carbocycles. The van der Waals surface area contributed by atoms with E-state index in [1.807, 2.05) is 37.3 Å². The number of ether oxygens (including phenoxy) is 1. The van der Waals surface area contributed by atoms with Crippen molar-refractivity contribution < 1.29 is 4.74 Å². The van der Waals surface area contributed by atoms with E-state index < -0.39 is 0 Å². The largest absolute Gasteiger partial charge is 0.435 e. The molecule has 3 aromatic rings. The Morgan fingerprint density at radius 3 is 2.87 bits per heavy atom. The van der Waals surface area contributed by atoms with E-state index in [-0.39, 0.29) is 0 Å². The number of aromatic nitrogens is 3. The molecule has 3 N–H and O–H groups in total. The number of nitrogens with zero attached hydrogens (tertiary/aromatic N) is 3. The smallest absolute Gasteiger partial charge is 0.248 e. The molecule has 2 heterocycles. The first-order valence-electron chi connectivity index (χ1n) is 7.57. The highest BCUT2D eigenvalue weighted by atomic mass is 16.5. The molecule has 0 amide bonds. The predicted octanol–water partition coefficient (Wildman–Crippen LogP) is 3.53. The van der Waals surface area contributed by atoms with Crippen molar-refractivity contribution in [3.05, 3.63) is 42.4 Å². The number of hydrogen-bond donors (Lipinski definition) is 2. The number of nitrogen functional groups attached to an aromatic ring is 1. The van der Waals surface area contributed by atoms with E-state index >= 15 is 0 Å². The zero-order valence-electron chi connectivity index (χ0n) is 13.2. The van der Waals surface area contributed by atoms with Crippen molar-refractivity contribution in [2.24, 2.45) is 0 Å². The molecule has 0 saturated carbocycles. The molecule has 2 aromatic heterocycles. The number of anilines is 2. The maximum absolute atomic E-state index is 6.11. The highest BCUT2D eigenvalue weighted by molar-refractivity contribution is 5.85. The topological polar surface area (TPSA) is 86.0 Å². The van der Waals surface area contributed by atoms with Crippen LogP contribution in [0.3, 0.4) is 0 Å². The van der Waals surface area contributed by atoms with Crippen molar-refractivity contribution in [1.82, 2.24) is 15.0 Å². The first-order chi connectivity index (χ1) is 11.2. The van der Waals surface area contributed by atoms with Crippen LogP contribution in [-0.4, -0.2) is 21.5 Å². The summed E-state index contributed by atoms with van der Waals surface area (Å²) in [6, 6.07) is 9.75. The minimum Gasteiger partial charge on any atom is -0.435 e. The number of fused-ring (bicyclic) bond motifs is 1. The van der Waals surface area contributed by atoms with Crippen LogP contribution in [0.25, 0.3) is 10.9 Å². The summed E-state index contributed by atoms with van der Waals surface area (Å²) in [6.45, 7) is 4.81. The van der Waals surface area contributed by atoms with Crippen molar-refractivity contribution in [2.45, 2.75) is 20.3 Å². The maximum atomic E-state index is 6.11. The van der Waals surface area contributed by atoms with Gasteiger partial charge in [0.2, 0.25) is 5.88 Å². The van der Waals surface area contributed by atoms with Crippen molar-refractivity contribution in [2.75, 3.05) is 17.6 Å². The van der Waals surface area contributed by atoms with Gasteiger partial charge in [-0.05, 0) is 25.5 Å². The predicted molar refractivity (Wildman–Crippen MR) is 91.8 cm³/mol. The molecule has 0 atom stereocenters. The molecule has 6 nitrogen and oxygen atoms in total. The van der Waals surface area contributed by atoms with Crippen molar-refractivity contribution in [3.63, 3.8) is 0 Å². The number of nitrogens with two attached hydrogens (primary N) is 1. The summed E-state index contributed by atoms with van der Waals surface area (Å²) in [7, 11) is 0. The number of nitrogens with one attached hydrogen (secondary N) is 1. The lowest BCUT2D eigenvalue weighted by atomic mass is 10.2. The first-order valence-corrected chi connectivity index (χ1v) is 7.57. The van der Waals surface area contributed by atoms with E-state index in [9.17, 15) is 0 Å². The van der Waals surface area contributed by atoms with Crippen LogP contribution < -0.4 is 15.8 Å². The highest BCUT2D eigenvalue weighted by Crippen LogP contribution is 2.32. The van der Waals surface area contributed by atoms with E-state index in [2.05, 4.69) is 27.2 Å². The molecule has 6 heteroatoms. The van der Waals surface area contributed by atoms with Crippen LogP contribution in [0.2, 0.25) is 0 Å². The normalized spacial score (nSPS) is 10.7. The maximum Gasteiger partial charge on any atom is 0.248 e. The van der Waals surface area contributed by atoms with E-state index in [0.29, 0.717) is 23.1 Å². The Balaban J connectivity index is 1.98. The first kappa shape index (κ1) is 15.0. The molecular weight excluding hydrogens is 290 g/mol. The van der Waals surface area contributed by atoms with Gasteiger partial charge in [0.1, 0.15) is 17.5 Å². The van der Waals surface area contributed by atoms with E-state index in [1.54, 1.807) is 0 Å². The summed E-state index contributed by atoms with van der Waals surface area (Å²) < 4.78 is 5.92. The number of hydrogen-bond acceptors (Lipinski definition) is 6. The van der Waals surface area contributed by atoms with Crippen molar-refractivity contribution >= 4 is 22.4 Å². The Morgan fingerprint density at radius 1 is 1.17 bits per heavy atom. The molecule has 118 valence electrons. The zero-order chi connectivity index (χ0) is 16.2. The number of para-hydroxylation sites is 1. The molecule has 0 aliphatic heterocycles. The molecule has 0 spiro atoms. The summed E-state index contributed by atoms with van der Waals surface area (Å²) in [4.78, 5) is 12.8. The highest BCUT2D eigenvalue weighted by Gasteiger charge is 2.12. The van der Waals surface area contributed by atoms with Crippen LogP contribution in [0.15, 0.2) is 36.7 Å². The Hall–Kier alpha value is -2.89. The van der Waals surface area contributed by atoms with Gasteiger partial charge in [-0.2, -0.15) is 4.98 Å². The second-order valence-electron chi connectivity index (χ2n) is 5.25. The van der Waals surface area contributed by atoms with Gasteiger partial charge in [-0.3, -0.25) is 0 Å². The molecule has 0 fully saturated rings. The summed E-state index contributed by atoms with van der Waals surface area (Å²) in [6.07, 6.45) is 2.42. The Kier molecular flexibility index (Phi) is 4.23. The Bertz CT molecular complexity index is 834. The molecule has 23 heavy (non-hydrogen) atoms. The summed E-state index contributed by atoms with van der Waals surface area (Å²) >= 11 is 0. The van der Waals surface area contributed by atoms with Crippen LogP contribution >= 0.6 is 0 Å². The SMILES string of the molecule is CCCNc1ncnc(Oc2cccc3ccc(C)nc23)c1N. The molecule has 0 aliphatic rings.